The van der Waals surface area contributed by atoms with E-state index in [9.17, 15) is 14.0 Å². The Labute approximate surface area is 175 Å². The Morgan fingerprint density at radius 1 is 1.17 bits per heavy atom. The first-order valence-corrected chi connectivity index (χ1v) is 9.97. The van der Waals surface area contributed by atoms with Gasteiger partial charge in [-0.15, -0.1) is 0 Å². The zero-order valence-electron chi connectivity index (χ0n) is 16.9. The predicted molar refractivity (Wildman–Crippen MR) is 109 cm³/mol. The molecular formula is C23H25FN2O4. The number of Topliss-reactive ketones (excluding diaryl/α,β-unsaturated/α-hetero) is 2. The van der Waals surface area contributed by atoms with Crippen LogP contribution in [0.3, 0.4) is 0 Å². The molecule has 30 heavy (non-hydrogen) atoms. The first-order valence-electron chi connectivity index (χ1n) is 9.97. The SMILES string of the molecule is CC(=O)C(N=Nc1ccc(C2CCOCC2)cc1F)C(=O)COCc1ccccc1. The molecule has 1 aliphatic rings. The number of hydrogen-bond donors (Lipinski definition) is 0. The third-order valence-corrected chi connectivity index (χ3v) is 4.99. The number of nitrogens with zero attached hydrogens (tertiary/aromatic N) is 2. The zero-order valence-corrected chi connectivity index (χ0v) is 16.9. The Kier molecular flexibility index (Phi) is 7.93. The average molecular weight is 412 g/mol. The molecule has 2 aromatic carbocycles. The molecule has 0 radical (unpaired) electrons. The molecule has 6 nitrogen and oxygen atoms in total. The predicted octanol–water partition coefficient (Wildman–Crippen LogP) is 4.55. The van der Waals surface area contributed by atoms with Crippen molar-refractivity contribution in [1.29, 1.82) is 0 Å². The molecule has 1 aliphatic heterocycles. The smallest absolute Gasteiger partial charge is 0.192 e. The summed E-state index contributed by atoms with van der Waals surface area (Å²) >= 11 is 0. The van der Waals surface area contributed by atoms with Crippen LogP contribution in [0.5, 0.6) is 0 Å². The second-order valence-corrected chi connectivity index (χ2v) is 7.27. The molecule has 0 saturated carbocycles. The Hall–Kier alpha value is -2.77. The minimum atomic E-state index is -1.31. The molecule has 7 heteroatoms. The standard InChI is InChI=1S/C23H25FN2O4/c1-16(27)23(22(28)15-30-14-17-5-3-2-4-6-17)26-25-21-8-7-19(13-20(21)24)18-9-11-29-12-10-18/h2-8,13,18,23H,9-12,14-15H2,1H3. The third kappa shape index (κ3) is 6.11. The van der Waals surface area contributed by atoms with Gasteiger partial charge in [-0.2, -0.15) is 10.2 Å². The number of benzene rings is 2. The van der Waals surface area contributed by atoms with Gasteiger partial charge < -0.3 is 9.47 Å². The van der Waals surface area contributed by atoms with Crippen LogP contribution in [0.2, 0.25) is 0 Å². The Morgan fingerprint density at radius 2 is 1.90 bits per heavy atom. The van der Waals surface area contributed by atoms with Gasteiger partial charge in [0.15, 0.2) is 23.4 Å². The molecule has 1 heterocycles. The maximum absolute atomic E-state index is 14.5. The van der Waals surface area contributed by atoms with Crippen LogP contribution in [0.25, 0.3) is 0 Å². The van der Waals surface area contributed by atoms with Gasteiger partial charge in [-0.05, 0) is 48.9 Å². The van der Waals surface area contributed by atoms with E-state index in [1.165, 1.54) is 19.1 Å². The summed E-state index contributed by atoms with van der Waals surface area (Å²) in [6, 6.07) is 12.8. The molecule has 0 aromatic heterocycles. The van der Waals surface area contributed by atoms with Crippen LogP contribution < -0.4 is 0 Å². The van der Waals surface area contributed by atoms with E-state index in [0.717, 1.165) is 24.0 Å². The van der Waals surface area contributed by atoms with Gasteiger partial charge >= 0.3 is 0 Å². The molecule has 158 valence electrons. The van der Waals surface area contributed by atoms with Crippen molar-refractivity contribution in [2.24, 2.45) is 10.2 Å². The van der Waals surface area contributed by atoms with E-state index in [4.69, 9.17) is 9.47 Å². The highest BCUT2D eigenvalue weighted by molar-refractivity contribution is 6.06. The molecule has 0 N–H and O–H groups in total. The minimum absolute atomic E-state index is 0.00457. The number of halogens is 1. The monoisotopic (exact) mass is 412 g/mol. The Balaban J connectivity index is 1.60. The van der Waals surface area contributed by atoms with E-state index in [1.54, 1.807) is 6.07 Å². The summed E-state index contributed by atoms with van der Waals surface area (Å²) in [4.78, 5) is 24.2. The van der Waals surface area contributed by atoms with E-state index < -0.39 is 23.4 Å². The minimum Gasteiger partial charge on any atom is -0.381 e. The number of carbonyl (C=O) groups is 2. The van der Waals surface area contributed by atoms with E-state index >= 15 is 0 Å². The summed E-state index contributed by atoms with van der Waals surface area (Å²) in [5.74, 6) is -1.25. The van der Waals surface area contributed by atoms with Gasteiger partial charge in [-0.25, -0.2) is 4.39 Å². The van der Waals surface area contributed by atoms with Gasteiger partial charge in [0.2, 0.25) is 0 Å². The van der Waals surface area contributed by atoms with Gasteiger partial charge in [0.1, 0.15) is 12.3 Å². The maximum atomic E-state index is 14.5. The lowest BCUT2D eigenvalue weighted by atomic mass is 9.91. The summed E-state index contributed by atoms with van der Waals surface area (Å²) in [5, 5.41) is 7.64. The van der Waals surface area contributed by atoms with Gasteiger partial charge in [-0.1, -0.05) is 36.4 Å². The molecule has 0 spiro atoms. The van der Waals surface area contributed by atoms with E-state index in [-0.39, 0.29) is 24.8 Å². The lowest BCUT2D eigenvalue weighted by Crippen LogP contribution is -2.29. The third-order valence-electron chi connectivity index (χ3n) is 4.99. The molecule has 1 atom stereocenters. The summed E-state index contributed by atoms with van der Waals surface area (Å²) in [6.07, 6.45) is 1.70. The Bertz CT molecular complexity index is 895. The van der Waals surface area contributed by atoms with Crippen molar-refractivity contribution in [3.05, 3.63) is 65.5 Å². The first-order chi connectivity index (χ1) is 14.5. The first kappa shape index (κ1) is 21.9. The normalized spacial score (nSPS) is 15.9. The van der Waals surface area contributed by atoms with E-state index in [0.29, 0.717) is 13.2 Å². The second-order valence-electron chi connectivity index (χ2n) is 7.27. The number of ether oxygens (including phenoxy) is 2. The summed E-state index contributed by atoms with van der Waals surface area (Å²) < 4.78 is 25.2. The van der Waals surface area contributed by atoms with Gasteiger partial charge in [0.05, 0.1) is 6.61 Å². The van der Waals surface area contributed by atoms with E-state index in [1.807, 2.05) is 30.3 Å². The van der Waals surface area contributed by atoms with Crippen LogP contribution in [-0.2, 0) is 25.7 Å². The van der Waals surface area contributed by atoms with Crippen LogP contribution in [0, 0.1) is 5.82 Å². The van der Waals surface area contributed by atoms with Crippen LogP contribution in [0.15, 0.2) is 58.8 Å². The molecule has 3 rings (SSSR count). The average Bonchev–Trinajstić information content (AvgIpc) is 2.76. The van der Waals surface area contributed by atoms with Crippen molar-refractivity contribution < 1.29 is 23.5 Å². The largest absolute Gasteiger partial charge is 0.381 e. The van der Waals surface area contributed by atoms with Gasteiger partial charge in [0.25, 0.3) is 0 Å². The number of rotatable bonds is 9. The van der Waals surface area contributed by atoms with Crippen molar-refractivity contribution in [2.75, 3.05) is 19.8 Å². The molecule has 1 fully saturated rings. The summed E-state index contributed by atoms with van der Waals surface area (Å²) in [7, 11) is 0. The highest BCUT2D eigenvalue weighted by atomic mass is 19.1. The summed E-state index contributed by atoms with van der Waals surface area (Å²) in [6.45, 7) is 2.56. The van der Waals surface area contributed by atoms with Crippen LogP contribution in [-0.4, -0.2) is 37.4 Å². The Morgan fingerprint density at radius 3 is 2.57 bits per heavy atom. The number of ketones is 2. The summed E-state index contributed by atoms with van der Waals surface area (Å²) in [5.41, 5.74) is 1.80. The van der Waals surface area contributed by atoms with Crippen LogP contribution >= 0.6 is 0 Å². The number of azo groups is 1. The zero-order chi connectivity index (χ0) is 21.3. The lowest BCUT2D eigenvalue weighted by Gasteiger charge is -2.22. The van der Waals surface area contributed by atoms with E-state index in [2.05, 4.69) is 10.2 Å². The molecule has 1 saturated heterocycles. The molecule has 0 bridgehead atoms. The second kappa shape index (κ2) is 10.8. The molecule has 1 unspecified atom stereocenters. The van der Waals surface area contributed by atoms with Gasteiger partial charge in [0, 0.05) is 13.2 Å². The van der Waals surface area contributed by atoms with Crippen molar-refractivity contribution in [2.45, 2.75) is 38.3 Å². The lowest BCUT2D eigenvalue weighted by molar-refractivity contribution is -0.131. The van der Waals surface area contributed by atoms with Gasteiger partial charge in [-0.3, -0.25) is 9.59 Å². The van der Waals surface area contributed by atoms with Crippen molar-refractivity contribution in [3.63, 3.8) is 0 Å². The fourth-order valence-electron chi connectivity index (χ4n) is 3.30. The molecule has 2 aromatic rings. The number of hydrogen-bond acceptors (Lipinski definition) is 6. The maximum Gasteiger partial charge on any atom is 0.192 e. The molecule has 0 aliphatic carbocycles. The van der Waals surface area contributed by atoms with Crippen LogP contribution in [0.1, 0.15) is 36.8 Å². The molecule has 0 amide bonds. The fourth-order valence-corrected chi connectivity index (χ4v) is 3.30. The van der Waals surface area contributed by atoms with Crippen molar-refractivity contribution >= 4 is 17.3 Å². The number of carbonyl (C=O) groups excluding carboxylic acids is 2. The quantitative estimate of drug-likeness (QED) is 0.447. The van der Waals surface area contributed by atoms with Crippen molar-refractivity contribution in [1.82, 2.24) is 0 Å². The fraction of sp³-hybridized carbons (Fsp3) is 0.391. The van der Waals surface area contributed by atoms with Crippen LogP contribution in [0.4, 0.5) is 10.1 Å². The topological polar surface area (TPSA) is 77.3 Å². The highest BCUT2D eigenvalue weighted by Gasteiger charge is 2.23. The molecular weight excluding hydrogens is 387 g/mol. The highest BCUT2D eigenvalue weighted by Crippen LogP contribution is 2.30. The van der Waals surface area contributed by atoms with Crippen molar-refractivity contribution in [3.8, 4) is 0 Å².